The summed E-state index contributed by atoms with van der Waals surface area (Å²) in [7, 11) is 0. The molecule has 0 unspecified atom stereocenters. The van der Waals surface area contributed by atoms with E-state index in [1.54, 1.807) is 48.5 Å². The van der Waals surface area contributed by atoms with Gasteiger partial charge in [0.25, 0.3) is 0 Å². The molecular weight excluding hydrogens is 419 g/mol. The number of hydrogen-bond acceptors (Lipinski definition) is 6. The van der Waals surface area contributed by atoms with Gasteiger partial charge < -0.3 is 18.9 Å². The largest absolute Gasteiger partial charge is 0.493 e. The molecule has 0 atom stereocenters. The molecule has 0 aromatic heterocycles. The lowest BCUT2D eigenvalue weighted by molar-refractivity contribution is -0.132. The van der Waals surface area contributed by atoms with E-state index in [1.807, 2.05) is 0 Å². The van der Waals surface area contributed by atoms with Crippen LogP contribution in [0.1, 0.15) is 19.3 Å². The van der Waals surface area contributed by atoms with E-state index in [9.17, 15) is 9.59 Å². The van der Waals surface area contributed by atoms with Gasteiger partial charge in [0.1, 0.15) is 34.8 Å². The zero-order chi connectivity index (χ0) is 20.9. The van der Waals surface area contributed by atoms with Crippen molar-refractivity contribution in [1.82, 2.24) is 0 Å². The minimum atomic E-state index is -0.508. The summed E-state index contributed by atoms with van der Waals surface area (Å²) in [6, 6.07) is 13.7. The summed E-state index contributed by atoms with van der Waals surface area (Å²) in [5.41, 5.74) is 0. The standard InChI is InChI=1S/C21H22Cl2O6/c22-14-20(24)28-18-8-4-6-16(12-18)26-10-2-1-3-11-27-17-7-5-9-19(13-17)29-21(25)15-23/h4-9,12-13H,1-3,10-11,14-15H2. The molecule has 29 heavy (non-hydrogen) atoms. The normalized spacial score (nSPS) is 10.3. The molecule has 0 fully saturated rings. The number of halogens is 2. The van der Waals surface area contributed by atoms with Crippen molar-refractivity contribution in [3.63, 3.8) is 0 Å². The van der Waals surface area contributed by atoms with Gasteiger partial charge in [-0.2, -0.15) is 0 Å². The molecule has 0 aliphatic heterocycles. The summed E-state index contributed by atoms with van der Waals surface area (Å²) < 4.78 is 21.4. The van der Waals surface area contributed by atoms with Crippen molar-refractivity contribution >= 4 is 35.1 Å². The van der Waals surface area contributed by atoms with Crippen LogP contribution in [0.5, 0.6) is 23.0 Å². The molecule has 0 aliphatic carbocycles. The van der Waals surface area contributed by atoms with E-state index in [-0.39, 0.29) is 11.8 Å². The molecule has 0 saturated heterocycles. The fourth-order valence-electron chi connectivity index (χ4n) is 2.33. The second-order valence-corrected chi connectivity index (χ2v) is 6.46. The monoisotopic (exact) mass is 440 g/mol. The summed E-state index contributed by atoms with van der Waals surface area (Å²) in [6.45, 7) is 1.08. The molecular formula is C21H22Cl2O6. The summed E-state index contributed by atoms with van der Waals surface area (Å²) in [5.74, 6) is 0.652. The van der Waals surface area contributed by atoms with E-state index in [1.165, 1.54) is 0 Å². The lowest BCUT2D eigenvalue weighted by Crippen LogP contribution is -2.09. The number of ether oxygens (including phenoxy) is 4. The van der Waals surface area contributed by atoms with Crippen LogP contribution in [-0.2, 0) is 9.59 Å². The number of esters is 2. The Kier molecular flexibility index (Phi) is 10.2. The van der Waals surface area contributed by atoms with E-state index in [0.29, 0.717) is 36.2 Å². The summed E-state index contributed by atoms with van der Waals surface area (Å²) in [6.07, 6.45) is 2.62. The van der Waals surface area contributed by atoms with Crippen molar-refractivity contribution in [2.45, 2.75) is 19.3 Å². The van der Waals surface area contributed by atoms with Crippen molar-refractivity contribution in [2.24, 2.45) is 0 Å². The fraction of sp³-hybridized carbons (Fsp3) is 0.333. The van der Waals surface area contributed by atoms with E-state index < -0.39 is 11.9 Å². The van der Waals surface area contributed by atoms with Gasteiger partial charge in [-0.05, 0) is 43.5 Å². The van der Waals surface area contributed by atoms with Gasteiger partial charge in [-0.3, -0.25) is 9.59 Å². The van der Waals surface area contributed by atoms with Crippen LogP contribution in [-0.4, -0.2) is 36.9 Å². The Morgan fingerprint density at radius 3 is 1.48 bits per heavy atom. The van der Waals surface area contributed by atoms with Crippen LogP contribution in [0.3, 0.4) is 0 Å². The molecule has 0 aliphatic rings. The van der Waals surface area contributed by atoms with E-state index in [4.69, 9.17) is 42.1 Å². The maximum absolute atomic E-state index is 11.2. The molecule has 156 valence electrons. The van der Waals surface area contributed by atoms with Crippen LogP contribution < -0.4 is 18.9 Å². The highest BCUT2D eigenvalue weighted by Crippen LogP contribution is 2.21. The van der Waals surface area contributed by atoms with Crippen molar-refractivity contribution in [3.05, 3.63) is 48.5 Å². The average Bonchev–Trinajstić information content (AvgIpc) is 2.73. The highest BCUT2D eigenvalue weighted by Gasteiger charge is 2.05. The average molecular weight is 441 g/mol. The number of alkyl halides is 2. The molecule has 0 N–H and O–H groups in total. The lowest BCUT2D eigenvalue weighted by atomic mass is 10.2. The number of carbonyl (C=O) groups excluding carboxylic acids is 2. The maximum atomic E-state index is 11.2. The van der Waals surface area contributed by atoms with Gasteiger partial charge in [-0.1, -0.05) is 12.1 Å². The van der Waals surface area contributed by atoms with E-state index in [0.717, 1.165) is 19.3 Å². The smallest absolute Gasteiger partial charge is 0.326 e. The van der Waals surface area contributed by atoms with Crippen LogP contribution in [0.25, 0.3) is 0 Å². The zero-order valence-corrected chi connectivity index (χ0v) is 17.3. The molecule has 0 amide bonds. The Balaban J connectivity index is 1.62. The first-order chi connectivity index (χ1) is 14.1. The second kappa shape index (κ2) is 12.9. The summed E-state index contributed by atoms with van der Waals surface area (Å²) in [5, 5.41) is 0. The minimum Gasteiger partial charge on any atom is -0.493 e. The highest BCUT2D eigenvalue weighted by atomic mass is 35.5. The van der Waals surface area contributed by atoms with Gasteiger partial charge in [-0.15, -0.1) is 23.2 Å². The zero-order valence-electron chi connectivity index (χ0n) is 15.8. The quantitative estimate of drug-likeness (QED) is 0.208. The Morgan fingerprint density at radius 1 is 0.655 bits per heavy atom. The van der Waals surface area contributed by atoms with Gasteiger partial charge in [-0.25, -0.2) is 0 Å². The third-order valence-electron chi connectivity index (χ3n) is 3.62. The van der Waals surface area contributed by atoms with Gasteiger partial charge in [0.05, 0.1) is 13.2 Å². The van der Waals surface area contributed by atoms with Crippen molar-refractivity contribution in [2.75, 3.05) is 25.0 Å². The number of unbranched alkanes of at least 4 members (excludes halogenated alkanes) is 2. The predicted molar refractivity (Wildman–Crippen MR) is 110 cm³/mol. The summed E-state index contributed by atoms with van der Waals surface area (Å²) >= 11 is 10.8. The van der Waals surface area contributed by atoms with E-state index in [2.05, 4.69) is 0 Å². The van der Waals surface area contributed by atoms with Crippen LogP contribution in [0.4, 0.5) is 0 Å². The van der Waals surface area contributed by atoms with Gasteiger partial charge in [0.15, 0.2) is 0 Å². The molecule has 6 nitrogen and oxygen atoms in total. The number of hydrogen-bond donors (Lipinski definition) is 0. The molecule has 2 aromatic carbocycles. The Bertz CT molecular complexity index is 731. The van der Waals surface area contributed by atoms with Crippen molar-refractivity contribution < 1.29 is 28.5 Å². The summed E-state index contributed by atoms with van der Waals surface area (Å²) in [4.78, 5) is 22.4. The fourth-order valence-corrected chi connectivity index (χ4v) is 2.44. The first kappa shape index (κ1) is 22.8. The van der Waals surface area contributed by atoms with Crippen LogP contribution >= 0.6 is 23.2 Å². The number of benzene rings is 2. The van der Waals surface area contributed by atoms with Crippen LogP contribution in [0.2, 0.25) is 0 Å². The molecule has 2 rings (SSSR count). The SMILES string of the molecule is O=C(CCl)Oc1cccc(OCCCCCOc2cccc(OC(=O)CCl)c2)c1. The maximum Gasteiger partial charge on any atom is 0.326 e. The number of rotatable bonds is 12. The molecule has 2 aromatic rings. The van der Waals surface area contributed by atoms with Crippen LogP contribution in [0.15, 0.2) is 48.5 Å². The molecule has 0 bridgehead atoms. The van der Waals surface area contributed by atoms with Gasteiger partial charge >= 0.3 is 11.9 Å². The van der Waals surface area contributed by atoms with Crippen LogP contribution in [0, 0.1) is 0 Å². The second-order valence-electron chi connectivity index (χ2n) is 5.92. The first-order valence-corrected chi connectivity index (χ1v) is 10.2. The Labute approximate surface area is 179 Å². The molecule has 0 radical (unpaired) electrons. The van der Waals surface area contributed by atoms with Gasteiger partial charge in [0, 0.05) is 12.1 Å². The predicted octanol–water partition coefficient (Wildman–Crippen LogP) is 4.60. The third kappa shape index (κ3) is 9.07. The minimum absolute atomic E-state index is 0.198. The molecule has 8 heteroatoms. The highest BCUT2D eigenvalue weighted by molar-refractivity contribution is 6.26. The Hall–Kier alpha value is -2.44. The third-order valence-corrected chi connectivity index (χ3v) is 4.06. The number of carbonyl (C=O) groups is 2. The van der Waals surface area contributed by atoms with Gasteiger partial charge in [0.2, 0.25) is 0 Å². The molecule has 0 spiro atoms. The Morgan fingerprint density at radius 2 is 1.07 bits per heavy atom. The van der Waals surface area contributed by atoms with Crippen molar-refractivity contribution in [1.29, 1.82) is 0 Å². The lowest BCUT2D eigenvalue weighted by Gasteiger charge is -2.09. The molecule has 0 heterocycles. The van der Waals surface area contributed by atoms with E-state index >= 15 is 0 Å². The topological polar surface area (TPSA) is 71.1 Å². The molecule has 0 saturated carbocycles. The first-order valence-electron chi connectivity index (χ1n) is 9.09. The van der Waals surface area contributed by atoms with Crippen molar-refractivity contribution in [3.8, 4) is 23.0 Å².